The van der Waals surface area contributed by atoms with Crippen LogP contribution in [0.25, 0.3) is 0 Å². The summed E-state index contributed by atoms with van der Waals surface area (Å²) >= 11 is 0. The van der Waals surface area contributed by atoms with Gasteiger partial charge in [-0.1, -0.05) is 6.92 Å². The molecule has 4 nitrogen and oxygen atoms in total. The minimum atomic E-state index is -0.790. The monoisotopic (exact) mass is 235 g/mol. The Kier molecular flexibility index (Phi) is 2.96. The number of anilines is 1. The van der Waals surface area contributed by atoms with Crippen molar-refractivity contribution in [2.75, 3.05) is 18.0 Å². The predicted molar refractivity (Wildman–Crippen MR) is 65.5 cm³/mol. The Morgan fingerprint density at radius 3 is 2.88 bits per heavy atom. The fourth-order valence-electron chi connectivity index (χ4n) is 2.46. The number of likely N-dealkylation sites (N-methyl/N-ethyl adjacent to an activating group) is 1. The van der Waals surface area contributed by atoms with E-state index in [2.05, 4.69) is 4.90 Å². The molecule has 92 valence electrons. The Morgan fingerprint density at radius 1 is 1.59 bits per heavy atom. The molecule has 0 spiro atoms. The van der Waals surface area contributed by atoms with Crippen LogP contribution >= 0.6 is 0 Å². The first-order chi connectivity index (χ1) is 8.04. The van der Waals surface area contributed by atoms with Gasteiger partial charge in [-0.3, -0.25) is 4.79 Å². The second-order valence-electron chi connectivity index (χ2n) is 4.52. The molecule has 1 aliphatic rings. The Labute approximate surface area is 100 Å². The first-order valence-corrected chi connectivity index (χ1v) is 5.85. The van der Waals surface area contributed by atoms with Gasteiger partial charge in [-0.2, -0.15) is 0 Å². The number of phenols is 1. The average Bonchev–Trinajstić information content (AvgIpc) is 2.65. The number of carbonyl (C=O) groups is 1. The van der Waals surface area contributed by atoms with Gasteiger partial charge in [0.1, 0.15) is 5.75 Å². The van der Waals surface area contributed by atoms with Crippen molar-refractivity contribution in [3.63, 3.8) is 0 Å². The van der Waals surface area contributed by atoms with E-state index in [1.54, 1.807) is 19.1 Å². The molecule has 2 N–H and O–H groups in total. The smallest absolute Gasteiger partial charge is 0.306 e. The number of phenolic OH excluding ortho intramolecular Hbond substituents is 1. The molecule has 2 rings (SSSR count). The maximum Gasteiger partial charge on any atom is 0.306 e. The summed E-state index contributed by atoms with van der Waals surface area (Å²) < 4.78 is 0. The first-order valence-electron chi connectivity index (χ1n) is 5.85. The minimum Gasteiger partial charge on any atom is -0.508 e. The highest BCUT2D eigenvalue weighted by atomic mass is 16.4. The largest absolute Gasteiger partial charge is 0.508 e. The number of aliphatic carboxylic acids is 1. The molecule has 0 bridgehead atoms. The summed E-state index contributed by atoms with van der Waals surface area (Å²) in [5, 5.41) is 18.6. The molecule has 2 atom stereocenters. The van der Waals surface area contributed by atoms with Gasteiger partial charge in [0.2, 0.25) is 0 Å². The number of nitrogens with zero attached hydrogens (tertiary/aromatic N) is 1. The van der Waals surface area contributed by atoms with E-state index in [-0.39, 0.29) is 11.7 Å². The molecular formula is C13H17NO3. The van der Waals surface area contributed by atoms with Crippen LogP contribution in [0.15, 0.2) is 18.2 Å². The van der Waals surface area contributed by atoms with Crippen LogP contribution in [0.5, 0.6) is 5.75 Å². The van der Waals surface area contributed by atoms with Gasteiger partial charge < -0.3 is 15.1 Å². The highest BCUT2D eigenvalue weighted by molar-refractivity contribution is 5.74. The molecule has 1 aromatic carbocycles. The van der Waals surface area contributed by atoms with Crippen molar-refractivity contribution in [3.05, 3.63) is 23.8 Å². The van der Waals surface area contributed by atoms with Crippen molar-refractivity contribution in [2.45, 2.75) is 19.8 Å². The van der Waals surface area contributed by atoms with Crippen molar-refractivity contribution >= 4 is 11.7 Å². The molecule has 1 aliphatic heterocycles. The summed E-state index contributed by atoms with van der Waals surface area (Å²) in [6.07, 6.45) is 0. The van der Waals surface area contributed by atoms with Gasteiger partial charge in [-0.05, 0) is 30.7 Å². The van der Waals surface area contributed by atoms with E-state index in [0.717, 1.165) is 17.8 Å². The van der Waals surface area contributed by atoms with Crippen molar-refractivity contribution in [3.8, 4) is 5.75 Å². The maximum atomic E-state index is 11.1. The summed E-state index contributed by atoms with van der Waals surface area (Å²) in [7, 11) is 0. The molecule has 0 fully saturated rings. The third-order valence-electron chi connectivity index (χ3n) is 3.54. The molecule has 1 heterocycles. The molecule has 1 aromatic rings. The standard InChI is InChI=1S/C13H17NO3/c1-3-14-7-11(8(2)13(16)17)10-6-9(15)4-5-12(10)14/h4-6,8,11,15H,3,7H2,1-2H3,(H,16,17). The lowest BCUT2D eigenvalue weighted by atomic mass is 9.89. The van der Waals surface area contributed by atoms with Crippen molar-refractivity contribution in [1.82, 2.24) is 0 Å². The second-order valence-corrected chi connectivity index (χ2v) is 4.52. The molecule has 4 heteroatoms. The molecule has 0 saturated heterocycles. The Balaban J connectivity index is 2.41. The molecule has 0 radical (unpaired) electrons. The van der Waals surface area contributed by atoms with E-state index in [4.69, 9.17) is 5.11 Å². The Hall–Kier alpha value is -1.71. The van der Waals surface area contributed by atoms with Crippen molar-refractivity contribution in [1.29, 1.82) is 0 Å². The summed E-state index contributed by atoms with van der Waals surface area (Å²) in [5.74, 6) is -1.08. The highest BCUT2D eigenvalue weighted by Gasteiger charge is 2.34. The number of rotatable bonds is 3. The van der Waals surface area contributed by atoms with Gasteiger partial charge in [-0.15, -0.1) is 0 Å². The van der Waals surface area contributed by atoms with E-state index in [0.29, 0.717) is 6.54 Å². The highest BCUT2D eigenvalue weighted by Crippen LogP contribution is 2.41. The van der Waals surface area contributed by atoms with Crippen LogP contribution in [-0.2, 0) is 4.79 Å². The molecule has 0 saturated carbocycles. The number of fused-ring (bicyclic) bond motifs is 1. The van der Waals surface area contributed by atoms with Gasteiger partial charge in [0.05, 0.1) is 5.92 Å². The number of benzene rings is 1. The van der Waals surface area contributed by atoms with E-state index >= 15 is 0 Å². The number of hydrogen-bond acceptors (Lipinski definition) is 3. The third kappa shape index (κ3) is 1.95. The van der Waals surface area contributed by atoms with Crippen LogP contribution in [0.2, 0.25) is 0 Å². The minimum absolute atomic E-state index is 0.0467. The fourth-order valence-corrected chi connectivity index (χ4v) is 2.46. The molecule has 17 heavy (non-hydrogen) atoms. The van der Waals surface area contributed by atoms with E-state index in [1.807, 2.05) is 13.0 Å². The predicted octanol–water partition coefficient (Wildman–Crippen LogP) is 2.04. The zero-order valence-corrected chi connectivity index (χ0v) is 10.1. The lowest BCUT2D eigenvalue weighted by Gasteiger charge is -2.18. The summed E-state index contributed by atoms with van der Waals surface area (Å²) in [5.41, 5.74) is 1.99. The zero-order valence-electron chi connectivity index (χ0n) is 10.1. The quantitative estimate of drug-likeness (QED) is 0.841. The SMILES string of the molecule is CCN1CC(C(C)C(=O)O)c2cc(O)ccc21. The maximum absolute atomic E-state index is 11.1. The van der Waals surface area contributed by atoms with Crippen molar-refractivity contribution in [2.24, 2.45) is 5.92 Å². The van der Waals surface area contributed by atoms with Gasteiger partial charge in [0, 0.05) is 24.7 Å². The lowest BCUT2D eigenvalue weighted by molar-refractivity contribution is -0.141. The molecule has 0 amide bonds. The van der Waals surface area contributed by atoms with Gasteiger partial charge in [0.15, 0.2) is 0 Å². The normalized spacial score (nSPS) is 20.1. The van der Waals surface area contributed by atoms with Crippen LogP contribution in [-0.4, -0.2) is 29.3 Å². The van der Waals surface area contributed by atoms with Crippen LogP contribution in [0.4, 0.5) is 5.69 Å². The van der Waals surface area contributed by atoms with Gasteiger partial charge in [-0.25, -0.2) is 0 Å². The Bertz CT molecular complexity index is 444. The summed E-state index contributed by atoms with van der Waals surface area (Å²) in [6.45, 7) is 5.33. The van der Waals surface area contributed by atoms with Gasteiger partial charge in [0.25, 0.3) is 0 Å². The fraction of sp³-hybridized carbons (Fsp3) is 0.462. The average molecular weight is 235 g/mol. The first kappa shape index (κ1) is 11.8. The number of carboxylic acid groups (broad SMARTS) is 1. The topological polar surface area (TPSA) is 60.8 Å². The third-order valence-corrected chi connectivity index (χ3v) is 3.54. The molecule has 2 unspecified atom stereocenters. The van der Waals surface area contributed by atoms with Crippen LogP contribution in [0, 0.1) is 5.92 Å². The molecule has 0 aliphatic carbocycles. The van der Waals surface area contributed by atoms with E-state index < -0.39 is 11.9 Å². The lowest BCUT2D eigenvalue weighted by Crippen LogP contribution is -2.26. The Morgan fingerprint density at radius 2 is 2.29 bits per heavy atom. The van der Waals surface area contributed by atoms with Crippen LogP contribution < -0.4 is 4.90 Å². The number of aromatic hydroxyl groups is 1. The van der Waals surface area contributed by atoms with E-state index in [1.165, 1.54) is 0 Å². The molecule has 0 aromatic heterocycles. The summed E-state index contributed by atoms with van der Waals surface area (Å²) in [4.78, 5) is 13.2. The van der Waals surface area contributed by atoms with Crippen molar-refractivity contribution < 1.29 is 15.0 Å². The van der Waals surface area contributed by atoms with Gasteiger partial charge >= 0.3 is 5.97 Å². The van der Waals surface area contributed by atoms with Crippen LogP contribution in [0.3, 0.4) is 0 Å². The van der Waals surface area contributed by atoms with E-state index in [9.17, 15) is 9.90 Å². The second kappa shape index (κ2) is 4.28. The van der Waals surface area contributed by atoms with Crippen LogP contribution in [0.1, 0.15) is 25.3 Å². The number of hydrogen-bond donors (Lipinski definition) is 2. The summed E-state index contributed by atoms with van der Waals surface area (Å²) in [6, 6.07) is 5.20. The number of carboxylic acids is 1. The zero-order chi connectivity index (χ0) is 12.6. The molecular weight excluding hydrogens is 218 g/mol.